The SMILES string of the molecule is CCNCC(C)(CC)Cc1cn(C)nn1. The zero-order valence-electron chi connectivity index (χ0n) is 10.2. The van der Waals surface area contributed by atoms with Crippen LogP contribution in [0, 0.1) is 5.41 Å². The minimum absolute atomic E-state index is 0.284. The van der Waals surface area contributed by atoms with Crippen LogP contribution >= 0.6 is 0 Å². The maximum absolute atomic E-state index is 4.14. The first-order valence-corrected chi connectivity index (χ1v) is 5.65. The van der Waals surface area contributed by atoms with Gasteiger partial charge in [0.05, 0.1) is 5.69 Å². The van der Waals surface area contributed by atoms with Gasteiger partial charge in [0.25, 0.3) is 0 Å². The van der Waals surface area contributed by atoms with E-state index in [0.717, 1.165) is 31.6 Å². The van der Waals surface area contributed by atoms with E-state index in [-0.39, 0.29) is 5.41 Å². The molecule has 1 unspecified atom stereocenters. The molecule has 0 saturated carbocycles. The first kappa shape index (κ1) is 12.2. The molecule has 1 aromatic rings. The summed E-state index contributed by atoms with van der Waals surface area (Å²) in [5.74, 6) is 0. The van der Waals surface area contributed by atoms with Crippen molar-refractivity contribution in [3.63, 3.8) is 0 Å². The van der Waals surface area contributed by atoms with E-state index in [0.29, 0.717) is 0 Å². The first-order valence-electron chi connectivity index (χ1n) is 5.65. The second kappa shape index (κ2) is 5.26. The Labute approximate surface area is 92.1 Å². The van der Waals surface area contributed by atoms with Gasteiger partial charge in [0.15, 0.2) is 0 Å². The van der Waals surface area contributed by atoms with Crippen molar-refractivity contribution < 1.29 is 0 Å². The average molecular weight is 210 g/mol. The van der Waals surface area contributed by atoms with Crippen molar-refractivity contribution in [1.29, 1.82) is 0 Å². The van der Waals surface area contributed by atoms with E-state index in [9.17, 15) is 0 Å². The number of rotatable bonds is 6. The van der Waals surface area contributed by atoms with E-state index >= 15 is 0 Å². The Hall–Kier alpha value is -0.900. The van der Waals surface area contributed by atoms with Gasteiger partial charge in [-0.2, -0.15) is 0 Å². The molecule has 1 aromatic heterocycles. The molecule has 1 N–H and O–H groups in total. The summed E-state index contributed by atoms with van der Waals surface area (Å²) in [7, 11) is 1.91. The molecule has 0 aliphatic carbocycles. The second-order valence-corrected chi connectivity index (χ2v) is 4.50. The third-order valence-electron chi connectivity index (χ3n) is 2.91. The van der Waals surface area contributed by atoms with Gasteiger partial charge in [0, 0.05) is 19.8 Å². The fourth-order valence-corrected chi connectivity index (χ4v) is 1.65. The molecule has 4 nitrogen and oxygen atoms in total. The summed E-state index contributed by atoms with van der Waals surface area (Å²) in [5.41, 5.74) is 1.37. The molecule has 15 heavy (non-hydrogen) atoms. The molecule has 0 aliphatic heterocycles. The molecule has 4 heteroatoms. The fraction of sp³-hybridized carbons (Fsp3) is 0.818. The number of nitrogens with zero attached hydrogens (tertiary/aromatic N) is 3. The van der Waals surface area contributed by atoms with Crippen molar-refractivity contribution in [2.24, 2.45) is 12.5 Å². The monoisotopic (exact) mass is 210 g/mol. The van der Waals surface area contributed by atoms with Crippen LogP contribution in [0.3, 0.4) is 0 Å². The Kier molecular flexibility index (Phi) is 4.27. The quantitative estimate of drug-likeness (QED) is 0.771. The fourth-order valence-electron chi connectivity index (χ4n) is 1.65. The molecule has 0 amide bonds. The van der Waals surface area contributed by atoms with Crippen molar-refractivity contribution in [2.45, 2.75) is 33.6 Å². The summed E-state index contributed by atoms with van der Waals surface area (Å²) in [5, 5.41) is 11.5. The summed E-state index contributed by atoms with van der Waals surface area (Å²) in [4.78, 5) is 0. The van der Waals surface area contributed by atoms with Gasteiger partial charge in [-0.25, -0.2) is 0 Å². The summed E-state index contributed by atoms with van der Waals surface area (Å²) in [6.45, 7) is 8.73. The molecule has 0 fully saturated rings. The topological polar surface area (TPSA) is 42.7 Å². The van der Waals surface area contributed by atoms with E-state index in [2.05, 4.69) is 36.4 Å². The Morgan fingerprint density at radius 3 is 2.67 bits per heavy atom. The molecule has 1 heterocycles. The summed E-state index contributed by atoms with van der Waals surface area (Å²) >= 11 is 0. The predicted molar refractivity (Wildman–Crippen MR) is 61.6 cm³/mol. The van der Waals surface area contributed by atoms with Crippen molar-refractivity contribution in [1.82, 2.24) is 20.3 Å². The van der Waals surface area contributed by atoms with Crippen LogP contribution in [0.1, 0.15) is 32.9 Å². The summed E-state index contributed by atoms with van der Waals surface area (Å²) in [6.07, 6.45) is 4.14. The number of aromatic nitrogens is 3. The molecule has 0 bridgehead atoms. The molecule has 0 aliphatic rings. The lowest BCUT2D eigenvalue weighted by atomic mass is 9.83. The number of hydrogen-bond acceptors (Lipinski definition) is 3. The van der Waals surface area contributed by atoms with Crippen molar-refractivity contribution >= 4 is 0 Å². The number of hydrogen-bond donors (Lipinski definition) is 1. The molecule has 0 radical (unpaired) electrons. The van der Waals surface area contributed by atoms with Crippen LogP contribution in [-0.2, 0) is 13.5 Å². The smallest absolute Gasteiger partial charge is 0.0832 e. The lowest BCUT2D eigenvalue weighted by Crippen LogP contribution is -2.33. The van der Waals surface area contributed by atoms with Gasteiger partial charge in [0.2, 0.25) is 0 Å². The molecule has 1 atom stereocenters. The van der Waals surface area contributed by atoms with Crippen molar-refractivity contribution in [3.8, 4) is 0 Å². The van der Waals surface area contributed by atoms with Gasteiger partial charge >= 0.3 is 0 Å². The van der Waals surface area contributed by atoms with Crippen LogP contribution in [0.2, 0.25) is 0 Å². The zero-order valence-corrected chi connectivity index (χ0v) is 10.2. The lowest BCUT2D eigenvalue weighted by Gasteiger charge is -2.27. The highest BCUT2D eigenvalue weighted by Gasteiger charge is 2.23. The Morgan fingerprint density at radius 2 is 2.20 bits per heavy atom. The van der Waals surface area contributed by atoms with Crippen LogP contribution < -0.4 is 5.32 Å². The third kappa shape index (κ3) is 3.63. The molecule has 1 rings (SSSR count). The minimum Gasteiger partial charge on any atom is -0.316 e. The minimum atomic E-state index is 0.284. The summed E-state index contributed by atoms with van der Waals surface area (Å²) in [6, 6.07) is 0. The van der Waals surface area contributed by atoms with Crippen LogP contribution in [0.25, 0.3) is 0 Å². The van der Waals surface area contributed by atoms with Crippen LogP contribution in [0.5, 0.6) is 0 Å². The van der Waals surface area contributed by atoms with E-state index in [4.69, 9.17) is 0 Å². The number of aryl methyl sites for hydroxylation is 1. The molecule has 0 spiro atoms. The molecular weight excluding hydrogens is 188 g/mol. The zero-order chi connectivity index (χ0) is 11.3. The first-order chi connectivity index (χ1) is 7.09. The van der Waals surface area contributed by atoms with E-state index in [1.807, 2.05) is 13.2 Å². The van der Waals surface area contributed by atoms with Gasteiger partial charge in [-0.05, 0) is 24.8 Å². The largest absolute Gasteiger partial charge is 0.316 e. The normalized spacial score (nSPS) is 15.2. The average Bonchev–Trinajstić information content (AvgIpc) is 2.61. The predicted octanol–water partition coefficient (Wildman–Crippen LogP) is 1.38. The van der Waals surface area contributed by atoms with Crippen molar-refractivity contribution in [2.75, 3.05) is 13.1 Å². The van der Waals surface area contributed by atoms with Gasteiger partial charge in [-0.3, -0.25) is 4.68 Å². The van der Waals surface area contributed by atoms with E-state index in [1.54, 1.807) is 4.68 Å². The standard InChI is InChI=1S/C11H22N4/c1-5-11(3,9-12-6-2)7-10-8-15(4)14-13-10/h8,12H,5-7,9H2,1-4H3. The van der Waals surface area contributed by atoms with Gasteiger partial charge in [0.1, 0.15) is 0 Å². The van der Waals surface area contributed by atoms with Gasteiger partial charge in [-0.1, -0.05) is 26.0 Å². The van der Waals surface area contributed by atoms with Crippen molar-refractivity contribution in [3.05, 3.63) is 11.9 Å². The van der Waals surface area contributed by atoms with Gasteiger partial charge in [-0.15, -0.1) is 5.10 Å². The van der Waals surface area contributed by atoms with Crippen LogP contribution in [-0.4, -0.2) is 28.1 Å². The Morgan fingerprint density at radius 1 is 1.47 bits per heavy atom. The molecule has 0 saturated heterocycles. The Bertz CT molecular complexity index is 295. The maximum atomic E-state index is 4.14. The van der Waals surface area contributed by atoms with Crippen LogP contribution in [0.4, 0.5) is 0 Å². The summed E-state index contributed by atoms with van der Waals surface area (Å²) < 4.78 is 1.76. The molecular formula is C11H22N4. The highest BCUT2D eigenvalue weighted by Crippen LogP contribution is 2.24. The molecule has 0 aromatic carbocycles. The molecule has 86 valence electrons. The van der Waals surface area contributed by atoms with Crippen LogP contribution in [0.15, 0.2) is 6.20 Å². The van der Waals surface area contributed by atoms with E-state index < -0.39 is 0 Å². The Balaban J connectivity index is 2.59. The maximum Gasteiger partial charge on any atom is 0.0832 e. The van der Waals surface area contributed by atoms with Gasteiger partial charge < -0.3 is 5.32 Å². The lowest BCUT2D eigenvalue weighted by molar-refractivity contribution is 0.290. The second-order valence-electron chi connectivity index (χ2n) is 4.50. The highest BCUT2D eigenvalue weighted by atomic mass is 15.4. The third-order valence-corrected chi connectivity index (χ3v) is 2.91. The van der Waals surface area contributed by atoms with E-state index in [1.165, 1.54) is 0 Å². The highest BCUT2D eigenvalue weighted by molar-refractivity contribution is 4.98. The number of nitrogens with one attached hydrogen (secondary N) is 1.